The van der Waals surface area contributed by atoms with Gasteiger partial charge >= 0.3 is 0 Å². The van der Waals surface area contributed by atoms with Gasteiger partial charge in [0.25, 0.3) is 0 Å². The third-order valence-electron chi connectivity index (χ3n) is 5.03. The molecule has 0 fully saturated rings. The average molecular weight is 489 g/mol. The first kappa shape index (κ1) is 21.1. The van der Waals surface area contributed by atoms with Crippen molar-refractivity contribution in [3.63, 3.8) is 0 Å². The summed E-state index contributed by atoms with van der Waals surface area (Å²) in [6, 6.07) is 12.6. The second-order valence-corrected chi connectivity index (χ2v) is 9.16. The molecule has 2 heterocycles. The molecule has 1 N–H and O–H groups in total. The van der Waals surface area contributed by atoms with Crippen LogP contribution in [0.2, 0.25) is 0 Å². The van der Waals surface area contributed by atoms with Crippen molar-refractivity contribution in [3.05, 3.63) is 58.6 Å². The van der Waals surface area contributed by atoms with Crippen LogP contribution >= 0.6 is 27.7 Å². The van der Waals surface area contributed by atoms with Crippen LogP contribution in [0.4, 0.5) is 10.1 Å². The quantitative estimate of drug-likeness (QED) is 0.452. The summed E-state index contributed by atoms with van der Waals surface area (Å²) in [4.78, 5) is 13.5. The molecule has 1 aliphatic rings. The van der Waals surface area contributed by atoms with Gasteiger partial charge in [-0.25, -0.2) is 4.39 Å². The minimum Gasteiger partial charge on any atom is -0.324 e. The Morgan fingerprint density at radius 2 is 2.03 bits per heavy atom. The van der Waals surface area contributed by atoms with Gasteiger partial charge in [0.2, 0.25) is 5.91 Å². The van der Waals surface area contributed by atoms with E-state index in [1.165, 1.54) is 12.5 Å². The fourth-order valence-corrected chi connectivity index (χ4v) is 5.00. The summed E-state index contributed by atoms with van der Waals surface area (Å²) in [5, 5.41) is 11.3. The van der Waals surface area contributed by atoms with Crippen molar-refractivity contribution in [1.82, 2.24) is 14.8 Å². The third kappa shape index (κ3) is 4.92. The predicted molar refractivity (Wildman–Crippen MR) is 121 cm³/mol. The minimum atomic E-state index is -0.457. The molecule has 0 saturated heterocycles. The number of fused-ring (bicyclic) bond motifs is 1. The van der Waals surface area contributed by atoms with Gasteiger partial charge in [-0.15, -0.1) is 22.0 Å². The van der Waals surface area contributed by atoms with Gasteiger partial charge in [-0.3, -0.25) is 4.79 Å². The van der Waals surface area contributed by atoms with Gasteiger partial charge in [-0.05, 0) is 59.1 Å². The Morgan fingerprint density at radius 3 is 2.90 bits per heavy atom. The Hall–Kier alpha value is -2.19. The summed E-state index contributed by atoms with van der Waals surface area (Å²) in [6.45, 7) is 0.864. The molecule has 2 aromatic carbocycles. The van der Waals surface area contributed by atoms with Crippen molar-refractivity contribution >= 4 is 39.3 Å². The Balaban J connectivity index is 1.43. The minimum absolute atomic E-state index is 0.175. The summed E-state index contributed by atoms with van der Waals surface area (Å²) in [6.07, 6.45) is 4.56. The molecule has 1 amide bonds. The third-order valence-corrected chi connectivity index (χ3v) is 7.06. The van der Waals surface area contributed by atoms with E-state index in [2.05, 4.69) is 36.0 Å². The number of rotatable bonds is 6. The monoisotopic (exact) mass is 488 g/mol. The van der Waals surface area contributed by atoms with E-state index in [9.17, 15) is 9.18 Å². The van der Waals surface area contributed by atoms with Gasteiger partial charge in [0.15, 0.2) is 5.82 Å². The molecule has 0 unspecified atom stereocenters. The zero-order chi connectivity index (χ0) is 20.9. The number of hydrogen-bond donors (Lipinski definition) is 1. The first-order valence-corrected chi connectivity index (χ1v) is 11.8. The van der Waals surface area contributed by atoms with Gasteiger partial charge in [-0.1, -0.05) is 18.6 Å². The first-order valence-electron chi connectivity index (χ1n) is 10.0. The molecule has 3 aromatic rings. The standard InChI is InChI=1S/C22H22BrFN4OS/c23-16-6-3-4-7-19(16)30-13-11-21(29)25-18-14-15(9-10-17(18)24)22-27-26-20-8-2-1-5-12-28(20)22/h3-4,6-7,9-10,14H,1-2,5,8,11-13H2,(H,25,29). The molecular formula is C22H22BrFN4OS. The number of anilines is 1. The summed E-state index contributed by atoms with van der Waals surface area (Å²) >= 11 is 5.09. The number of aromatic nitrogens is 3. The second-order valence-electron chi connectivity index (χ2n) is 7.17. The Kier molecular flexibility index (Phi) is 6.84. The molecule has 8 heteroatoms. The van der Waals surface area contributed by atoms with Crippen LogP contribution in [-0.4, -0.2) is 26.4 Å². The highest BCUT2D eigenvalue weighted by Gasteiger charge is 2.17. The maximum atomic E-state index is 14.3. The number of nitrogens with zero attached hydrogens (tertiary/aromatic N) is 3. The maximum absolute atomic E-state index is 14.3. The van der Waals surface area contributed by atoms with E-state index in [0.29, 0.717) is 5.75 Å². The fraction of sp³-hybridized carbons (Fsp3) is 0.318. The van der Waals surface area contributed by atoms with Crippen LogP contribution < -0.4 is 5.32 Å². The van der Waals surface area contributed by atoms with Crippen molar-refractivity contribution in [3.8, 4) is 11.4 Å². The van der Waals surface area contributed by atoms with Crippen LogP contribution in [0.1, 0.15) is 31.5 Å². The van der Waals surface area contributed by atoms with Crippen molar-refractivity contribution in [2.45, 2.75) is 43.5 Å². The van der Waals surface area contributed by atoms with Crippen LogP contribution in [-0.2, 0) is 17.8 Å². The van der Waals surface area contributed by atoms with Gasteiger partial charge in [0.05, 0.1) is 5.69 Å². The predicted octanol–water partition coefficient (Wildman–Crippen LogP) is 5.69. The maximum Gasteiger partial charge on any atom is 0.225 e. The van der Waals surface area contributed by atoms with Gasteiger partial charge < -0.3 is 9.88 Å². The van der Waals surface area contributed by atoms with Gasteiger partial charge in [0.1, 0.15) is 11.6 Å². The lowest BCUT2D eigenvalue weighted by molar-refractivity contribution is -0.115. The molecule has 4 rings (SSSR count). The van der Waals surface area contributed by atoms with E-state index in [0.717, 1.165) is 52.4 Å². The van der Waals surface area contributed by atoms with Crippen LogP contribution in [0, 0.1) is 5.82 Å². The Bertz CT molecular complexity index is 1060. The lowest BCUT2D eigenvalue weighted by Crippen LogP contribution is -2.13. The molecule has 0 saturated carbocycles. The molecule has 156 valence electrons. The Labute approximate surface area is 187 Å². The molecular weight excluding hydrogens is 467 g/mol. The lowest BCUT2D eigenvalue weighted by Gasteiger charge is -2.10. The molecule has 5 nitrogen and oxygen atoms in total. The summed E-state index contributed by atoms with van der Waals surface area (Å²) in [7, 11) is 0. The molecule has 30 heavy (non-hydrogen) atoms. The van der Waals surface area contributed by atoms with Crippen molar-refractivity contribution < 1.29 is 9.18 Å². The van der Waals surface area contributed by atoms with Crippen LogP contribution in [0.25, 0.3) is 11.4 Å². The number of carbonyl (C=O) groups excluding carboxylic acids is 1. The highest BCUT2D eigenvalue weighted by molar-refractivity contribution is 9.10. The van der Waals surface area contributed by atoms with E-state index < -0.39 is 5.82 Å². The zero-order valence-electron chi connectivity index (χ0n) is 16.4. The first-order chi connectivity index (χ1) is 14.6. The van der Waals surface area contributed by atoms with E-state index in [4.69, 9.17) is 0 Å². The average Bonchev–Trinajstić information content (AvgIpc) is 2.99. The number of hydrogen-bond acceptors (Lipinski definition) is 4. The number of benzene rings is 2. The van der Waals surface area contributed by atoms with E-state index >= 15 is 0 Å². The van der Waals surface area contributed by atoms with Crippen molar-refractivity contribution in [2.75, 3.05) is 11.1 Å². The topological polar surface area (TPSA) is 59.8 Å². The summed E-state index contributed by atoms with van der Waals surface area (Å²) in [5.74, 6) is 1.63. The van der Waals surface area contributed by atoms with E-state index in [1.54, 1.807) is 23.9 Å². The van der Waals surface area contributed by atoms with E-state index in [1.807, 2.05) is 24.3 Å². The van der Waals surface area contributed by atoms with Crippen LogP contribution in [0.15, 0.2) is 51.8 Å². The molecule has 0 atom stereocenters. The lowest BCUT2D eigenvalue weighted by atomic mass is 10.1. The molecule has 0 spiro atoms. The summed E-state index contributed by atoms with van der Waals surface area (Å²) in [5.41, 5.74) is 0.935. The highest BCUT2D eigenvalue weighted by Crippen LogP contribution is 2.29. The number of amides is 1. The number of carbonyl (C=O) groups is 1. The Morgan fingerprint density at radius 1 is 1.17 bits per heavy atom. The second kappa shape index (κ2) is 9.75. The van der Waals surface area contributed by atoms with Crippen LogP contribution in [0.5, 0.6) is 0 Å². The zero-order valence-corrected chi connectivity index (χ0v) is 18.8. The highest BCUT2D eigenvalue weighted by atomic mass is 79.9. The van der Waals surface area contributed by atoms with E-state index in [-0.39, 0.29) is 18.0 Å². The van der Waals surface area contributed by atoms with Crippen molar-refractivity contribution in [1.29, 1.82) is 0 Å². The van der Waals surface area contributed by atoms with Crippen molar-refractivity contribution in [2.24, 2.45) is 0 Å². The molecule has 1 aromatic heterocycles. The largest absolute Gasteiger partial charge is 0.324 e. The summed E-state index contributed by atoms with van der Waals surface area (Å²) < 4.78 is 17.5. The number of halogens is 2. The molecule has 0 aliphatic carbocycles. The number of thioether (sulfide) groups is 1. The SMILES string of the molecule is O=C(CCSc1ccccc1Br)Nc1cc(-c2nnc3n2CCCCC3)ccc1F. The van der Waals surface area contributed by atoms with Gasteiger partial charge in [-0.2, -0.15) is 0 Å². The smallest absolute Gasteiger partial charge is 0.225 e. The normalized spacial score (nSPS) is 13.5. The number of aryl methyl sites for hydroxylation is 1. The fourth-order valence-electron chi connectivity index (χ4n) is 3.49. The molecule has 0 bridgehead atoms. The number of nitrogens with one attached hydrogen (secondary N) is 1. The molecule has 1 aliphatic heterocycles. The van der Waals surface area contributed by atoms with Gasteiger partial charge in [0, 0.05) is 40.1 Å². The van der Waals surface area contributed by atoms with Crippen LogP contribution in [0.3, 0.4) is 0 Å². The molecule has 0 radical (unpaired) electrons.